The highest BCUT2D eigenvalue weighted by molar-refractivity contribution is 7.13. The predicted molar refractivity (Wildman–Crippen MR) is 121 cm³/mol. The van der Waals surface area contributed by atoms with Gasteiger partial charge in [0.25, 0.3) is 0 Å². The number of ketones is 1. The Labute approximate surface area is 185 Å². The molecule has 0 unspecified atom stereocenters. The first kappa shape index (κ1) is 19.2. The number of esters is 1. The summed E-state index contributed by atoms with van der Waals surface area (Å²) in [6.07, 6.45) is 6.87. The van der Waals surface area contributed by atoms with Gasteiger partial charge < -0.3 is 4.74 Å². The van der Waals surface area contributed by atoms with Crippen LogP contribution in [-0.4, -0.2) is 23.3 Å². The van der Waals surface area contributed by atoms with Crippen molar-refractivity contribution in [3.8, 4) is 10.6 Å². The minimum atomic E-state index is -0.436. The van der Waals surface area contributed by atoms with Gasteiger partial charge in [-0.3, -0.25) is 4.79 Å². The van der Waals surface area contributed by atoms with Crippen molar-refractivity contribution in [2.45, 2.75) is 38.5 Å². The lowest BCUT2D eigenvalue weighted by atomic mass is 9.48. The van der Waals surface area contributed by atoms with E-state index in [2.05, 4.69) is 0 Å². The average Bonchev–Trinajstić information content (AvgIpc) is 3.30. The molecule has 0 spiro atoms. The third kappa shape index (κ3) is 3.30. The molecule has 0 atom stereocenters. The maximum atomic E-state index is 13.3. The fraction of sp³-hybridized carbons (Fsp3) is 0.423. The molecule has 4 aliphatic carbocycles. The smallest absolute Gasteiger partial charge is 0.339 e. The van der Waals surface area contributed by atoms with Crippen molar-refractivity contribution < 1.29 is 14.3 Å². The summed E-state index contributed by atoms with van der Waals surface area (Å²) in [5, 5.41) is 2.75. The number of carbonyl (C=O) groups is 2. The van der Waals surface area contributed by atoms with Crippen LogP contribution in [-0.2, 0) is 9.53 Å². The van der Waals surface area contributed by atoms with Crippen LogP contribution >= 0.6 is 11.3 Å². The van der Waals surface area contributed by atoms with Crippen LogP contribution in [0.5, 0.6) is 0 Å². The number of hydrogen-bond donors (Lipinski definition) is 0. The third-order valence-electron chi connectivity index (χ3n) is 7.67. The summed E-state index contributed by atoms with van der Waals surface area (Å²) < 4.78 is 5.65. The second kappa shape index (κ2) is 7.27. The molecule has 0 aliphatic heterocycles. The third-order valence-corrected chi connectivity index (χ3v) is 8.57. The molecule has 0 N–H and O–H groups in total. The fourth-order valence-electron chi connectivity index (χ4n) is 6.71. The molecule has 4 fully saturated rings. The Morgan fingerprint density at radius 3 is 2.39 bits per heavy atom. The molecular weight excluding hydrogens is 406 g/mol. The highest BCUT2D eigenvalue weighted by atomic mass is 32.1. The van der Waals surface area contributed by atoms with E-state index in [1.165, 1.54) is 19.3 Å². The van der Waals surface area contributed by atoms with Crippen LogP contribution in [0.4, 0.5) is 0 Å². The number of hydrogen-bond acceptors (Lipinski definition) is 5. The number of fused-ring (bicyclic) bond motifs is 1. The van der Waals surface area contributed by atoms with E-state index in [1.54, 1.807) is 17.4 Å². The average molecular weight is 432 g/mol. The molecular formula is C26H25NO3S. The summed E-state index contributed by atoms with van der Waals surface area (Å²) in [4.78, 5) is 32.1. The lowest BCUT2D eigenvalue weighted by Crippen LogP contribution is -2.51. The molecule has 0 saturated heterocycles. The van der Waals surface area contributed by atoms with Crippen molar-refractivity contribution in [2.24, 2.45) is 23.2 Å². The summed E-state index contributed by atoms with van der Waals surface area (Å²) >= 11 is 1.59. The van der Waals surface area contributed by atoms with Gasteiger partial charge in [0.15, 0.2) is 12.4 Å². The SMILES string of the molecule is O=C(OCC(=O)C12CC3CC(CC(C3)C1)C2)c1cc(-c2cccs2)nc2ccccc12. The molecule has 3 aromatic rings. The van der Waals surface area contributed by atoms with Crippen LogP contribution in [0.15, 0.2) is 47.8 Å². The number of pyridine rings is 1. The minimum Gasteiger partial charge on any atom is -0.454 e. The second-order valence-corrected chi connectivity index (χ2v) is 10.7. The van der Waals surface area contributed by atoms with Gasteiger partial charge in [-0.25, -0.2) is 9.78 Å². The molecule has 4 bridgehead atoms. The highest BCUT2D eigenvalue weighted by Gasteiger charge is 2.54. The lowest BCUT2D eigenvalue weighted by Gasteiger charge is -2.55. The molecule has 2 heterocycles. The first-order chi connectivity index (χ1) is 15.1. The largest absolute Gasteiger partial charge is 0.454 e. The van der Waals surface area contributed by atoms with Crippen molar-refractivity contribution in [1.29, 1.82) is 0 Å². The topological polar surface area (TPSA) is 56.3 Å². The molecule has 7 rings (SSSR count). The van der Waals surface area contributed by atoms with Gasteiger partial charge in [0.05, 0.1) is 21.7 Å². The molecule has 5 heteroatoms. The van der Waals surface area contributed by atoms with Gasteiger partial charge in [-0.15, -0.1) is 11.3 Å². The number of thiophene rings is 1. The van der Waals surface area contributed by atoms with E-state index in [0.29, 0.717) is 23.3 Å². The number of benzene rings is 1. The van der Waals surface area contributed by atoms with E-state index < -0.39 is 5.97 Å². The van der Waals surface area contributed by atoms with Crippen LogP contribution in [0.25, 0.3) is 21.5 Å². The maximum Gasteiger partial charge on any atom is 0.339 e. The van der Waals surface area contributed by atoms with Gasteiger partial charge >= 0.3 is 5.97 Å². The van der Waals surface area contributed by atoms with Crippen LogP contribution in [0, 0.1) is 23.2 Å². The van der Waals surface area contributed by atoms with Crippen LogP contribution in [0.1, 0.15) is 48.9 Å². The van der Waals surface area contributed by atoms with Crippen molar-refractivity contribution in [3.05, 3.63) is 53.4 Å². The Kier molecular flexibility index (Phi) is 4.49. The number of nitrogens with zero attached hydrogens (tertiary/aromatic N) is 1. The number of rotatable bonds is 5. The van der Waals surface area contributed by atoms with E-state index in [0.717, 1.165) is 40.7 Å². The summed E-state index contributed by atoms with van der Waals surface area (Å²) in [5.41, 5.74) is 1.76. The van der Waals surface area contributed by atoms with Crippen LogP contribution < -0.4 is 0 Å². The second-order valence-electron chi connectivity index (χ2n) is 9.75. The van der Waals surface area contributed by atoms with Gasteiger partial charge in [0, 0.05) is 10.8 Å². The van der Waals surface area contributed by atoms with Crippen molar-refractivity contribution in [3.63, 3.8) is 0 Å². The maximum absolute atomic E-state index is 13.3. The Morgan fingerprint density at radius 2 is 1.71 bits per heavy atom. The fourth-order valence-corrected chi connectivity index (χ4v) is 7.40. The molecule has 4 saturated carbocycles. The molecule has 4 aliphatic rings. The zero-order valence-corrected chi connectivity index (χ0v) is 18.2. The van der Waals surface area contributed by atoms with E-state index >= 15 is 0 Å². The zero-order valence-electron chi connectivity index (χ0n) is 17.4. The van der Waals surface area contributed by atoms with Crippen molar-refractivity contribution >= 4 is 34.0 Å². The number of aromatic nitrogens is 1. The standard InChI is InChI=1S/C26H25NO3S/c28-24(26-12-16-8-17(13-26)10-18(9-16)14-26)15-30-25(29)20-11-22(23-6-3-7-31-23)27-21-5-2-1-4-19(20)21/h1-7,11,16-18H,8-10,12-15H2. The first-order valence-electron chi connectivity index (χ1n) is 11.2. The summed E-state index contributed by atoms with van der Waals surface area (Å²) in [6.45, 7) is -0.115. The van der Waals surface area contributed by atoms with E-state index in [4.69, 9.17) is 9.72 Å². The zero-order chi connectivity index (χ0) is 21.0. The molecule has 0 amide bonds. The Bertz CT molecular complexity index is 1130. The Morgan fingerprint density at radius 1 is 1.00 bits per heavy atom. The number of para-hydroxylation sites is 1. The van der Waals surface area contributed by atoms with Gasteiger partial charge in [0.1, 0.15) is 0 Å². The molecule has 2 aromatic heterocycles. The quantitative estimate of drug-likeness (QED) is 0.472. The molecule has 1 aromatic carbocycles. The summed E-state index contributed by atoms with van der Waals surface area (Å²) in [6, 6.07) is 13.4. The van der Waals surface area contributed by atoms with Gasteiger partial charge in [-0.2, -0.15) is 0 Å². The van der Waals surface area contributed by atoms with Crippen LogP contribution in [0.3, 0.4) is 0 Å². The van der Waals surface area contributed by atoms with E-state index in [-0.39, 0.29) is 17.8 Å². The van der Waals surface area contributed by atoms with Gasteiger partial charge in [0.2, 0.25) is 0 Å². The van der Waals surface area contributed by atoms with Crippen molar-refractivity contribution in [1.82, 2.24) is 4.98 Å². The summed E-state index contributed by atoms with van der Waals surface area (Å²) in [5.74, 6) is 1.79. The molecule has 0 radical (unpaired) electrons. The lowest BCUT2D eigenvalue weighted by molar-refractivity contribution is -0.147. The Balaban J connectivity index is 1.25. The highest BCUT2D eigenvalue weighted by Crippen LogP contribution is 2.60. The number of carbonyl (C=O) groups excluding carboxylic acids is 2. The monoisotopic (exact) mass is 431 g/mol. The normalized spacial score (nSPS) is 28.7. The summed E-state index contributed by atoms with van der Waals surface area (Å²) in [7, 11) is 0. The van der Waals surface area contributed by atoms with Crippen molar-refractivity contribution in [2.75, 3.05) is 6.61 Å². The molecule has 158 valence electrons. The van der Waals surface area contributed by atoms with Gasteiger partial charge in [-0.1, -0.05) is 24.3 Å². The number of Topliss-reactive ketones (excluding diaryl/α,β-unsaturated/α-hetero) is 1. The predicted octanol–water partition coefficient (Wildman–Crippen LogP) is 5.91. The molecule has 31 heavy (non-hydrogen) atoms. The Hall–Kier alpha value is -2.53. The van der Waals surface area contributed by atoms with Crippen LogP contribution in [0.2, 0.25) is 0 Å². The van der Waals surface area contributed by atoms with Gasteiger partial charge in [-0.05, 0) is 79.9 Å². The first-order valence-corrected chi connectivity index (χ1v) is 12.1. The molecule has 4 nitrogen and oxygen atoms in total. The number of ether oxygens (including phenoxy) is 1. The minimum absolute atomic E-state index is 0.115. The van der Waals surface area contributed by atoms with E-state index in [1.807, 2.05) is 41.8 Å². The van der Waals surface area contributed by atoms with E-state index in [9.17, 15) is 9.59 Å².